The Morgan fingerprint density at radius 3 is 1.24 bits per heavy atom. The number of hydrogen-bond donors (Lipinski definition) is 0. The van der Waals surface area contributed by atoms with E-state index in [0.717, 1.165) is 11.1 Å². The van der Waals surface area contributed by atoms with E-state index in [0.29, 0.717) is 11.1 Å². The molecule has 0 heterocycles. The van der Waals surface area contributed by atoms with Crippen molar-refractivity contribution in [3.8, 4) is 0 Å². The lowest BCUT2D eigenvalue weighted by molar-refractivity contribution is 0.0264. The number of ether oxygens (including phenoxy) is 2. The average Bonchev–Trinajstić information content (AvgIpc) is 2.95. The molecule has 190 valence electrons. The van der Waals surface area contributed by atoms with Gasteiger partial charge in [-0.2, -0.15) is 0 Å². The van der Waals surface area contributed by atoms with E-state index in [2.05, 4.69) is 0 Å². The number of hydrogen-bond acceptors (Lipinski definition) is 6. The molecular formula is C32H26O6. The summed E-state index contributed by atoms with van der Waals surface area (Å²) in [4.78, 5) is 51.6. The largest absolute Gasteiger partial charge is 0.458 e. The summed E-state index contributed by atoms with van der Waals surface area (Å²) in [5.74, 6) is -1.97. The van der Waals surface area contributed by atoms with E-state index in [-0.39, 0.29) is 47.0 Å². The van der Waals surface area contributed by atoms with Crippen molar-refractivity contribution in [1.29, 1.82) is 0 Å². The number of benzene rings is 4. The summed E-state index contributed by atoms with van der Waals surface area (Å²) >= 11 is 0. The molecule has 0 N–H and O–H groups in total. The number of rotatable bonds is 9. The Morgan fingerprint density at radius 2 is 0.868 bits per heavy atom. The summed E-state index contributed by atoms with van der Waals surface area (Å²) in [7, 11) is 0. The van der Waals surface area contributed by atoms with Crippen LogP contribution in [0.5, 0.6) is 0 Å². The molecule has 0 saturated carbocycles. The Morgan fingerprint density at radius 1 is 0.500 bits per heavy atom. The minimum atomic E-state index is -0.695. The molecule has 0 amide bonds. The van der Waals surface area contributed by atoms with Gasteiger partial charge in [0.05, 0.1) is 11.1 Å². The number of carbonyl (C=O) groups is 4. The van der Waals surface area contributed by atoms with Crippen LogP contribution in [-0.4, -0.2) is 36.7 Å². The van der Waals surface area contributed by atoms with Gasteiger partial charge < -0.3 is 9.47 Å². The Hall–Kier alpha value is -4.84. The topological polar surface area (TPSA) is 86.7 Å². The lowest BCUT2D eigenvalue weighted by Crippen LogP contribution is -2.18. The second-order valence-corrected chi connectivity index (χ2v) is 8.76. The van der Waals surface area contributed by atoms with Crippen molar-refractivity contribution in [2.75, 3.05) is 13.2 Å². The molecule has 6 nitrogen and oxygen atoms in total. The minimum absolute atomic E-state index is 0.139. The smallest absolute Gasteiger partial charge is 0.339 e. The van der Waals surface area contributed by atoms with E-state index in [1.54, 1.807) is 97.1 Å². The maximum atomic E-state index is 13.0. The van der Waals surface area contributed by atoms with Crippen LogP contribution in [0.25, 0.3) is 0 Å². The standard InChI is InChI=1S/C32H26O6/c1-21-13-15-25(29(33)23-9-5-3-6-10-23)27(19-21)31(35)37-17-18-38-32(36)28-20-22(2)14-16-26(28)30(34)24-11-7-4-8-12-24/h3-16,19-20H,17-18H2,1-2H3. The van der Waals surface area contributed by atoms with Crippen LogP contribution in [0, 0.1) is 13.8 Å². The van der Waals surface area contributed by atoms with E-state index < -0.39 is 11.9 Å². The summed E-state index contributed by atoms with van der Waals surface area (Å²) < 4.78 is 10.7. The summed E-state index contributed by atoms with van der Waals surface area (Å²) in [6.07, 6.45) is 0. The molecule has 6 heteroatoms. The van der Waals surface area contributed by atoms with E-state index in [4.69, 9.17) is 9.47 Å². The van der Waals surface area contributed by atoms with Gasteiger partial charge in [0, 0.05) is 22.3 Å². The third kappa shape index (κ3) is 6.10. The van der Waals surface area contributed by atoms with Gasteiger partial charge in [-0.1, -0.05) is 83.9 Å². The molecule has 0 radical (unpaired) electrons. The summed E-state index contributed by atoms with van der Waals surface area (Å²) in [5.41, 5.74) is 3.24. The second-order valence-electron chi connectivity index (χ2n) is 8.76. The van der Waals surface area contributed by atoms with Gasteiger partial charge in [-0.05, 0) is 38.1 Å². The van der Waals surface area contributed by atoms with Crippen LogP contribution < -0.4 is 0 Å². The van der Waals surface area contributed by atoms with Crippen LogP contribution in [0.1, 0.15) is 63.7 Å². The number of ketones is 2. The van der Waals surface area contributed by atoms with Crippen LogP contribution in [0.3, 0.4) is 0 Å². The maximum Gasteiger partial charge on any atom is 0.339 e. The molecule has 4 aromatic carbocycles. The molecule has 0 unspecified atom stereocenters. The SMILES string of the molecule is Cc1ccc(C(=O)c2ccccc2)c(C(=O)OCCOC(=O)c2cc(C)ccc2C(=O)c2ccccc2)c1. The fourth-order valence-electron chi connectivity index (χ4n) is 3.96. The van der Waals surface area contributed by atoms with E-state index in [1.807, 2.05) is 13.8 Å². The predicted molar refractivity (Wildman–Crippen MR) is 143 cm³/mol. The molecule has 0 aliphatic heterocycles. The third-order valence-electron chi connectivity index (χ3n) is 5.90. The highest BCUT2D eigenvalue weighted by molar-refractivity contribution is 6.15. The first kappa shape index (κ1) is 26.2. The lowest BCUT2D eigenvalue weighted by Gasteiger charge is -2.12. The highest BCUT2D eigenvalue weighted by Gasteiger charge is 2.22. The van der Waals surface area contributed by atoms with Crippen LogP contribution in [0.2, 0.25) is 0 Å². The Labute approximate surface area is 220 Å². The van der Waals surface area contributed by atoms with E-state index >= 15 is 0 Å². The molecule has 0 atom stereocenters. The predicted octanol–water partition coefficient (Wildman–Crippen LogP) is 5.78. The van der Waals surface area contributed by atoms with Gasteiger partial charge in [-0.25, -0.2) is 9.59 Å². The van der Waals surface area contributed by atoms with Crippen molar-refractivity contribution >= 4 is 23.5 Å². The van der Waals surface area contributed by atoms with Gasteiger partial charge in [0.15, 0.2) is 11.6 Å². The number of esters is 2. The van der Waals surface area contributed by atoms with Gasteiger partial charge in [-0.15, -0.1) is 0 Å². The van der Waals surface area contributed by atoms with Gasteiger partial charge in [0.25, 0.3) is 0 Å². The quantitative estimate of drug-likeness (QED) is 0.163. The van der Waals surface area contributed by atoms with Crippen LogP contribution in [0.4, 0.5) is 0 Å². The Balaban J connectivity index is 1.42. The van der Waals surface area contributed by atoms with Crippen LogP contribution in [-0.2, 0) is 9.47 Å². The normalized spacial score (nSPS) is 10.5. The van der Waals surface area contributed by atoms with Gasteiger partial charge >= 0.3 is 11.9 Å². The number of carbonyl (C=O) groups excluding carboxylic acids is 4. The van der Waals surface area contributed by atoms with Crippen molar-refractivity contribution < 1.29 is 28.7 Å². The van der Waals surface area contributed by atoms with Crippen LogP contribution >= 0.6 is 0 Å². The molecule has 0 saturated heterocycles. The summed E-state index contributed by atoms with van der Waals surface area (Å²) in [6.45, 7) is 3.19. The zero-order valence-electron chi connectivity index (χ0n) is 21.1. The Bertz CT molecular complexity index is 1370. The van der Waals surface area contributed by atoms with Crippen molar-refractivity contribution in [3.63, 3.8) is 0 Å². The van der Waals surface area contributed by atoms with Crippen molar-refractivity contribution in [2.24, 2.45) is 0 Å². The number of aryl methyl sites for hydroxylation is 2. The third-order valence-corrected chi connectivity index (χ3v) is 5.90. The molecule has 38 heavy (non-hydrogen) atoms. The fourth-order valence-corrected chi connectivity index (χ4v) is 3.96. The maximum absolute atomic E-state index is 13.0. The van der Waals surface area contributed by atoms with Gasteiger partial charge in [-0.3, -0.25) is 9.59 Å². The molecule has 0 bridgehead atoms. The Kier molecular flexibility index (Phi) is 8.23. The van der Waals surface area contributed by atoms with E-state index in [9.17, 15) is 19.2 Å². The molecule has 4 rings (SSSR count). The first-order chi connectivity index (χ1) is 18.3. The molecule has 0 fully saturated rings. The monoisotopic (exact) mass is 506 g/mol. The molecule has 0 spiro atoms. The van der Waals surface area contributed by atoms with Crippen molar-refractivity contribution in [1.82, 2.24) is 0 Å². The van der Waals surface area contributed by atoms with Crippen LogP contribution in [0.15, 0.2) is 97.1 Å². The highest BCUT2D eigenvalue weighted by atomic mass is 16.6. The summed E-state index contributed by atoms with van der Waals surface area (Å²) in [6, 6.07) is 27.2. The second kappa shape index (κ2) is 11.9. The molecule has 0 aliphatic carbocycles. The average molecular weight is 507 g/mol. The highest BCUT2D eigenvalue weighted by Crippen LogP contribution is 2.19. The molecule has 0 aromatic heterocycles. The lowest BCUT2D eigenvalue weighted by atomic mass is 9.97. The minimum Gasteiger partial charge on any atom is -0.458 e. The molecule has 4 aromatic rings. The van der Waals surface area contributed by atoms with E-state index in [1.165, 1.54) is 0 Å². The van der Waals surface area contributed by atoms with Crippen molar-refractivity contribution in [3.05, 3.63) is 142 Å². The molecule has 0 aliphatic rings. The first-order valence-corrected chi connectivity index (χ1v) is 12.1. The first-order valence-electron chi connectivity index (χ1n) is 12.1. The summed E-state index contributed by atoms with van der Waals surface area (Å²) in [5, 5.41) is 0. The van der Waals surface area contributed by atoms with Crippen molar-refractivity contribution in [2.45, 2.75) is 13.8 Å². The molecular weight excluding hydrogens is 480 g/mol. The fraction of sp³-hybridized carbons (Fsp3) is 0.125. The zero-order valence-corrected chi connectivity index (χ0v) is 21.1. The van der Waals surface area contributed by atoms with Gasteiger partial charge in [0.1, 0.15) is 13.2 Å². The zero-order chi connectivity index (χ0) is 27.1. The van der Waals surface area contributed by atoms with Gasteiger partial charge in [0.2, 0.25) is 0 Å².